The van der Waals surface area contributed by atoms with Crippen LogP contribution in [-0.4, -0.2) is 20.5 Å². The van der Waals surface area contributed by atoms with E-state index in [1.165, 1.54) is 11.1 Å². The Bertz CT molecular complexity index is 1130. The van der Waals surface area contributed by atoms with Crippen molar-refractivity contribution in [3.63, 3.8) is 0 Å². The number of carbonyl (C=O) groups excluding carboxylic acids is 1. The van der Waals surface area contributed by atoms with Gasteiger partial charge in [-0.05, 0) is 38.3 Å². The maximum atomic E-state index is 12.9. The molecule has 5 nitrogen and oxygen atoms in total. The van der Waals surface area contributed by atoms with E-state index in [1.54, 1.807) is 0 Å². The summed E-state index contributed by atoms with van der Waals surface area (Å²) in [7, 11) is 0. The van der Waals surface area contributed by atoms with Gasteiger partial charge in [0.1, 0.15) is 6.04 Å². The average Bonchev–Trinajstić information content (AvgIpc) is 3.10. The standard InChI is InChI=1S/C23H22N4O/c1-14-6-3-8-16(12-14)21-20-18(10-5-11-19(20)28)24-23-25-22(26-27(21)23)17-9-4-7-15(2)13-17/h3-4,6-9,12-13,21H,5,10-11H2,1-2H3,(H,24,25,26)/t21-/m0/s1. The summed E-state index contributed by atoms with van der Waals surface area (Å²) in [4.78, 5) is 17.6. The molecule has 1 atom stereocenters. The number of rotatable bonds is 2. The third-order valence-corrected chi connectivity index (χ3v) is 5.50. The van der Waals surface area contributed by atoms with Crippen LogP contribution in [0.3, 0.4) is 0 Å². The maximum absolute atomic E-state index is 12.9. The third kappa shape index (κ3) is 2.74. The molecule has 2 aliphatic rings. The van der Waals surface area contributed by atoms with Gasteiger partial charge in [0.05, 0.1) is 0 Å². The summed E-state index contributed by atoms with van der Waals surface area (Å²) in [6, 6.07) is 16.3. The Kier molecular flexibility index (Phi) is 3.90. The highest BCUT2D eigenvalue weighted by molar-refractivity contribution is 5.99. The maximum Gasteiger partial charge on any atom is 0.226 e. The molecule has 1 aliphatic carbocycles. The number of carbonyl (C=O) groups is 1. The number of anilines is 1. The molecule has 2 aromatic carbocycles. The molecule has 1 aromatic heterocycles. The largest absolute Gasteiger partial charge is 0.328 e. The van der Waals surface area contributed by atoms with Crippen LogP contribution in [0.15, 0.2) is 59.8 Å². The molecule has 1 aliphatic heterocycles. The molecule has 0 saturated heterocycles. The van der Waals surface area contributed by atoms with Crippen LogP contribution in [-0.2, 0) is 4.79 Å². The minimum atomic E-state index is -0.231. The van der Waals surface area contributed by atoms with E-state index in [0.29, 0.717) is 18.2 Å². The number of aryl methyl sites for hydroxylation is 2. The van der Waals surface area contributed by atoms with Crippen LogP contribution in [0.25, 0.3) is 11.4 Å². The molecule has 5 heteroatoms. The Labute approximate surface area is 164 Å². The Morgan fingerprint density at radius 2 is 1.82 bits per heavy atom. The Balaban J connectivity index is 1.69. The van der Waals surface area contributed by atoms with E-state index in [9.17, 15) is 4.79 Å². The number of ketones is 1. The van der Waals surface area contributed by atoms with E-state index in [-0.39, 0.29) is 11.8 Å². The number of fused-ring (bicyclic) bond motifs is 1. The topological polar surface area (TPSA) is 59.8 Å². The van der Waals surface area contributed by atoms with Crippen LogP contribution in [0.2, 0.25) is 0 Å². The summed E-state index contributed by atoms with van der Waals surface area (Å²) in [6.45, 7) is 4.13. The molecule has 0 saturated carbocycles. The van der Waals surface area contributed by atoms with Crippen LogP contribution in [0.1, 0.15) is 42.0 Å². The number of hydrogen-bond acceptors (Lipinski definition) is 4. The van der Waals surface area contributed by atoms with Crippen molar-refractivity contribution >= 4 is 11.7 Å². The van der Waals surface area contributed by atoms with Crippen molar-refractivity contribution in [1.82, 2.24) is 14.8 Å². The lowest BCUT2D eigenvalue weighted by atomic mass is 9.85. The van der Waals surface area contributed by atoms with Gasteiger partial charge in [-0.15, -0.1) is 5.10 Å². The van der Waals surface area contributed by atoms with Crippen LogP contribution < -0.4 is 5.32 Å². The highest BCUT2D eigenvalue weighted by Crippen LogP contribution is 2.40. The molecule has 0 radical (unpaired) electrons. The summed E-state index contributed by atoms with van der Waals surface area (Å²) in [5.74, 6) is 1.59. The number of allylic oxidation sites excluding steroid dienone is 2. The van der Waals surface area contributed by atoms with Gasteiger partial charge in [-0.3, -0.25) is 4.79 Å². The predicted octanol–water partition coefficient (Wildman–Crippen LogP) is 4.58. The van der Waals surface area contributed by atoms with Crippen molar-refractivity contribution in [2.75, 3.05) is 5.32 Å². The van der Waals surface area contributed by atoms with Crippen LogP contribution in [0.5, 0.6) is 0 Å². The van der Waals surface area contributed by atoms with Crippen molar-refractivity contribution < 1.29 is 4.79 Å². The van der Waals surface area contributed by atoms with E-state index in [2.05, 4.69) is 49.5 Å². The van der Waals surface area contributed by atoms with Crippen LogP contribution >= 0.6 is 0 Å². The van der Waals surface area contributed by atoms with Gasteiger partial charge in [-0.1, -0.05) is 53.6 Å². The Hall–Kier alpha value is -3.21. The smallest absolute Gasteiger partial charge is 0.226 e. The highest BCUT2D eigenvalue weighted by atomic mass is 16.1. The number of Topliss-reactive ketones (excluding diaryl/α,β-unsaturated/α-hetero) is 1. The quantitative estimate of drug-likeness (QED) is 0.717. The summed E-state index contributed by atoms with van der Waals surface area (Å²) in [5.41, 5.74) is 6.23. The van der Waals surface area contributed by atoms with Crippen molar-refractivity contribution in [3.8, 4) is 11.4 Å². The lowest BCUT2D eigenvalue weighted by molar-refractivity contribution is -0.116. The van der Waals surface area contributed by atoms with Crippen molar-refractivity contribution in [2.45, 2.75) is 39.2 Å². The number of hydrogen-bond donors (Lipinski definition) is 1. The third-order valence-electron chi connectivity index (χ3n) is 5.50. The Morgan fingerprint density at radius 3 is 2.61 bits per heavy atom. The molecule has 140 valence electrons. The predicted molar refractivity (Wildman–Crippen MR) is 109 cm³/mol. The van der Waals surface area contributed by atoms with Gasteiger partial charge in [0.25, 0.3) is 0 Å². The van der Waals surface area contributed by atoms with Gasteiger partial charge >= 0.3 is 0 Å². The van der Waals surface area contributed by atoms with Crippen LogP contribution in [0, 0.1) is 13.8 Å². The van der Waals surface area contributed by atoms with Gasteiger partial charge in [0.2, 0.25) is 5.95 Å². The van der Waals surface area contributed by atoms with Gasteiger partial charge in [0, 0.05) is 23.3 Å². The van der Waals surface area contributed by atoms with E-state index >= 15 is 0 Å². The second-order valence-corrected chi connectivity index (χ2v) is 7.68. The Morgan fingerprint density at radius 1 is 1.04 bits per heavy atom. The zero-order valence-corrected chi connectivity index (χ0v) is 16.1. The van der Waals surface area contributed by atoms with Crippen LogP contribution in [0.4, 0.5) is 5.95 Å². The first kappa shape index (κ1) is 16.9. The van der Waals surface area contributed by atoms with Gasteiger partial charge < -0.3 is 5.32 Å². The SMILES string of the molecule is Cc1cccc(-c2nc3n(n2)[C@@H](c2cccc(C)c2)C2=C(CCCC2=O)N3)c1. The molecular formula is C23H22N4O. The second kappa shape index (κ2) is 6.44. The van der Waals surface area contributed by atoms with E-state index in [4.69, 9.17) is 10.1 Å². The monoisotopic (exact) mass is 370 g/mol. The number of benzene rings is 2. The molecule has 0 spiro atoms. The van der Waals surface area contributed by atoms with Crippen molar-refractivity contribution in [2.24, 2.45) is 0 Å². The molecule has 3 aromatic rings. The second-order valence-electron chi connectivity index (χ2n) is 7.68. The fourth-order valence-electron chi connectivity index (χ4n) is 4.21. The molecule has 2 heterocycles. The van der Waals surface area contributed by atoms with Gasteiger partial charge in [-0.2, -0.15) is 4.98 Å². The van der Waals surface area contributed by atoms with Gasteiger partial charge in [-0.25, -0.2) is 4.68 Å². The van der Waals surface area contributed by atoms with Crippen molar-refractivity contribution in [3.05, 3.63) is 76.5 Å². The lowest BCUT2D eigenvalue weighted by Gasteiger charge is -2.32. The number of nitrogens with one attached hydrogen (secondary N) is 1. The zero-order chi connectivity index (χ0) is 19.3. The average molecular weight is 370 g/mol. The first-order valence-corrected chi connectivity index (χ1v) is 9.73. The normalized spacial score (nSPS) is 18.5. The molecule has 5 rings (SSSR count). The zero-order valence-electron chi connectivity index (χ0n) is 16.1. The van der Waals surface area contributed by atoms with E-state index in [1.807, 2.05) is 22.9 Å². The van der Waals surface area contributed by atoms with Gasteiger partial charge in [0.15, 0.2) is 11.6 Å². The minimum Gasteiger partial charge on any atom is -0.328 e. The minimum absolute atomic E-state index is 0.207. The summed E-state index contributed by atoms with van der Waals surface area (Å²) in [6.07, 6.45) is 2.34. The van der Waals surface area contributed by atoms with Crippen molar-refractivity contribution in [1.29, 1.82) is 0 Å². The molecule has 28 heavy (non-hydrogen) atoms. The molecule has 0 bridgehead atoms. The molecule has 0 unspecified atom stereocenters. The highest BCUT2D eigenvalue weighted by Gasteiger charge is 2.36. The fourth-order valence-corrected chi connectivity index (χ4v) is 4.21. The molecular weight excluding hydrogens is 348 g/mol. The summed E-state index contributed by atoms with van der Waals surface area (Å²) >= 11 is 0. The molecule has 0 fully saturated rings. The number of nitrogens with zero attached hydrogens (tertiary/aromatic N) is 3. The van der Waals surface area contributed by atoms with E-state index < -0.39 is 0 Å². The van der Waals surface area contributed by atoms with E-state index in [0.717, 1.165) is 35.2 Å². The summed E-state index contributed by atoms with van der Waals surface area (Å²) < 4.78 is 1.88. The fraction of sp³-hybridized carbons (Fsp3) is 0.261. The lowest BCUT2D eigenvalue weighted by Crippen LogP contribution is -2.31. The first-order valence-electron chi connectivity index (χ1n) is 9.73. The number of aromatic nitrogens is 3. The first-order chi connectivity index (χ1) is 13.6. The molecule has 0 amide bonds. The summed E-state index contributed by atoms with van der Waals surface area (Å²) in [5, 5.41) is 8.23. The molecule has 1 N–H and O–H groups in total.